The molecular weight excluding hydrogens is 568 g/mol. The predicted molar refractivity (Wildman–Crippen MR) is 164 cm³/mol. The van der Waals surface area contributed by atoms with Crippen LogP contribution in [0.25, 0.3) is 0 Å². The molecule has 224 valence electrons. The van der Waals surface area contributed by atoms with Crippen molar-refractivity contribution in [2.45, 2.75) is 38.1 Å². The molecule has 3 aromatic carbocycles. The molecule has 3 amide bonds. The molecule has 11 heteroatoms. The standard InChI is InChI=1S/C32H34N4O6S/c1-32(2,23-41-21-24-13-5-3-6-14-24)29(42-22-25-15-7-4-8-16-25)30(37)34-26-17-9-10-18-27(26)43(39,40)36-31(38)35-28-19-11-12-20-33-28/h3-20,29H,21-23H2,1-2H3,(H,34,37)(H2,33,35,36,38). The largest absolute Gasteiger partial charge is 0.376 e. The first-order chi connectivity index (χ1) is 20.6. The van der Waals surface area contributed by atoms with Crippen molar-refractivity contribution in [1.82, 2.24) is 9.71 Å². The van der Waals surface area contributed by atoms with Gasteiger partial charge in [-0.2, -0.15) is 0 Å². The number of hydrogen-bond acceptors (Lipinski definition) is 7. The molecule has 4 aromatic rings. The van der Waals surface area contributed by atoms with Crippen LogP contribution in [0, 0.1) is 5.41 Å². The molecular formula is C32H34N4O6S. The molecule has 0 radical (unpaired) electrons. The fourth-order valence-corrected chi connectivity index (χ4v) is 5.32. The Bertz CT molecular complexity index is 1600. The number of anilines is 2. The molecule has 0 bridgehead atoms. The zero-order valence-electron chi connectivity index (χ0n) is 23.9. The van der Waals surface area contributed by atoms with Crippen molar-refractivity contribution >= 4 is 33.5 Å². The summed E-state index contributed by atoms with van der Waals surface area (Å²) in [5, 5.41) is 5.08. The molecule has 4 rings (SSSR count). The summed E-state index contributed by atoms with van der Waals surface area (Å²) in [5.41, 5.74) is 1.03. The van der Waals surface area contributed by atoms with Gasteiger partial charge in [0.2, 0.25) is 0 Å². The first-order valence-corrected chi connectivity index (χ1v) is 15.0. The molecule has 1 aromatic heterocycles. The number of amides is 3. The number of rotatable bonds is 13. The number of sulfonamides is 1. The minimum atomic E-state index is -4.39. The van der Waals surface area contributed by atoms with Gasteiger partial charge in [0.05, 0.1) is 25.5 Å². The number of ether oxygens (including phenoxy) is 2. The zero-order valence-corrected chi connectivity index (χ0v) is 24.7. The number of hydrogen-bond donors (Lipinski definition) is 3. The van der Waals surface area contributed by atoms with Gasteiger partial charge in [0.25, 0.3) is 15.9 Å². The number of nitrogens with zero attached hydrogens (tertiary/aromatic N) is 1. The van der Waals surface area contributed by atoms with Crippen LogP contribution in [0.2, 0.25) is 0 Å². The van der Waals surface area contributed by atoms with E-state index < -0.39 is 33.5 Å². The summed E-state index contributed by atoms with van der Waals surface area (Å²) in [6, 6.07) is 28.7. The maximum absolute atomic E-state index is 13.8. The quantitative estimate of drug-likeness (QED) is 0.188. The lowest BCUT2D eigenvalue weighted by molar-refractivity contribution is -0.141. The van der Waals surface area contributed by atoms with Crippen LogP contribution >= 0.6 is 0 Å². The van der Waals surface area contributed by atoms with Gasteiger partial charge < -0.3 is 14.8 Å². The lowest BCUT2D eigenvalue weighted by Gasteiger charge is -2.33. The van der Waals surface area contributed by atoms with Gasteiger partial charge in [-0.15, -0.1) is 0 Å². The Morgan fingerprint density at radius 1 is 0.791 bits per heavy atom. The minimum absolute atomic E-state index is 0.0139. The van der Waals surface area contributed by atoms with Crippen LogP contribution in [-0.2, 0) is 37.5 Å². The fraction of sp³-hybridized carbons (Fsp3) is 0.219. The van der Waals surface area contributed by atoms with Crippen molar-refractivity contribution in [3.05, 3.63) is 120 Å². The molecule has 1 atom stereocenters. The molecule has 0 fully saturated rings. The second-order valence-corrected chi connectivity index (χ2v) is 12.1. The van der Waals surface area contributed by atoms with Crippen LogP contribution in [0.5, 0.6) is 0 Å². The van der Waals surface area contributed by atoms with E-state index in [2.05, 4.69) is 15.6 Å². The molecule has 3 N–H and O–H groups in total. The highest BCUT2D eigenvalue weighted by atomic mass is 32.2. The molecule has 1 heterocycles. The number of nitrogens with one attached hydrogen (secondary N) is 3. The van der Waals surface area contributed by atoms with Crippen LogP contribution < -0.4 is 15.4 Å². The monoisotopic (exact) mass is 602 g/mol. The summed E-state index contributed by atoms with van der Waals surface area (Å²) in [6.45, 7) is 4.38. The van der Waals surface area contributed by atoms with Crippen molar-refractivity contribution in [2.75, 3.05) is 17.2 Å². The van der Waals surface area contributed by atoms with E-state index in [0.717, 1.165) is 11.1 Å². The fourth-order valence-electron chi connectivity index (χ4n) is 4.25. The van der Waals surface area contributed by atoms with Gasteiger partial charge in [0.1, 0.15) is 16.8 Å². The highest BCUT2D eigenvalue weighted by Gasteiger charge is 2.37. The summed E-state index contributed by atoms with van der Waals surface area (Å²) < 4.78 is 40.5. The summed E-state index contributed by atoms with van der Waals surface area (Å²) >= 11 is 0. The molecule has 0 spiro atoms. The van der Waals surface area contributed by atoms with E-state index in [-0.39, 0.29) is 29.6 Å². The van der Waals surface area contributed by atoms with E-state index in [1.54, 1.807) is 18.2 Å². The van der Waals surface area contributed by atoms with Crippen LogP contribution in [0.1, 0.15) is 25.0 Å². The maximum Gasteiger partial charge on any atom is 0.334 e. The minimum Gasteiger partial charge on any atom is -0.376 e. The van der Waals surface area contributed by atoms with Crippen LogP contribution in [0.3, 0.4) is 0 Å². The maximum atomic E-state index is 13.8. The van der Waals surface area contributed by atoms with Gasteiger partial charge in [-0.1, -0.05) is 92.7 Å². The van der Waals surface area contributed by atoms with Crippen molar-refractivity contribution in [2.24, 2.45) is 5.41 Å². The second-order valence-electron chi connectivity index (χ2n) is 10.4. The van der Waals surface area contributed by atoms with E-state index in [0.29, 0.717) is 6.61 Å². The van der Waals surface area contributed by atoms with E-state index in [1.165, 1.54) is 30.5 Å². The molecule has 0 saturated heterocycles. The van der Waals surface area contributed by atoms with Crippen molar-refractivity contribution in [3.63, 3.8) is 0 Å². The summed E-state index contributed by atoms with van der Waals surface area (Å²) in [4.78, 5) is 29.9. The number of benzene rings is 3. The molecule has 0 saturated carbocycles. The molecule has 0 aliphatic carbocycles. The Labute approximate surface area is 251 Å². The third-order valence-corrected chi connectivity index (χ3v) is 7.75. The van der Waals surface area contributed by atoms with E-state index in [1.807, 2.05) is 79.2 Å². The van der Waals surface area contributed by atoms with Gasteiger partial charge in [0, 0.05) is 11.6 Å². The van der Waals surface area contributed by atoms with E-state index in [9.17, 15) is 18.0 Å². The molecule has 1 unspecified atom stereocenters. The number of urea groups is 1. The average molecular weight is 603 g/mol. The normalized spacial score (nSPS) is 12.2. The molecule has 43 heavy (non-hydrogen) atoms. The lowest BCUT2D eigenvalue weighted by atomic mass is 9.86. The Morgan fingerprint density at radius 2 is 1.40 bits per heavy atom. The van der Waals surface area contributed by atoms with E-state index in [4.69, 9.17) is 9.47 Å². The highest BCUT2D eigenvalue weighted by molar-refractivity contribution is 7.90. The van der Waals surface area contributed by atoms with Gasteiger partial charge in [-0.25, -0.2) is 22.9 Å². The third-order valence-electron chi connectivity index (χ3n) is 6.36. The number of carbonyl (C=O) groups is 2. The van der Waals surface area contributed by atoms with E-state index >= 15 is 0 Å². The zero-order chi connectivity index (χ0) is 30.7. The topological polar surface area (TPSA) is 136 Å². The third kappa shape index (κ3) is 9.20. The highest BCUT2D eigenvalue weighted by Crippen LogP contribution is 2.29. The first kappa shape index (κ1) is 31.4. The molecule has 0 aliphatic rings. The summed E-state index contributed by atoms with van der Waals surface area (Å²) in [7, 11) is -4.39. The SMILES string of the molecule is CC(C)(COCc1ccccc1)C(OCc1ccccc1)C(=O)Nc1ccccc1S(=O)(=O)NC(=O)Nc1ccccn1. The number of pyridine rings is 1. The Morgan fingerprint density at radius 3 is 2.05 bits per heavy atom. The molecule has 0 aliphatic heterocycles. The Kier molecular flexibility index (Phi) is 10.6. The number of carbonyl (C=O) groups excluding carboxylic acids is 2. The summed E-state index contributed by atoms with van der Waals surface area (Å²) in [5.74, 6) is -0.392. The van der Waals surface area contributed by atoms with Crippen molar-refractivity contribution in [3.8, 4) is 0 Å². The lowest BCUT2D eigenvalue weighted by Crippen LogP contribution is -2.45. The van der Waals surface area contributed by atoms with Crippen molar-refractivity contribution in [1.29, 1.82) is 0 Å². The van der Waals surface area contributed by atoms with Crippen LogP contribution in [0.15, 0.2) is 114 Å². The first-order valence-electron chi connectivity index (χ1n) is 13.6. The smallest absolute Gasteiger partial charge is 0.334 e. The summed E-state index contributed by atoms with van der Waals surface area (Å²) in [6.07, 6.45) is 0.430. The number of para-hydroxylation sites is 1. The van der Waals surface area contributed by atoms with Crippen LogP contribution in [0.4, 0.5) is 16.3 Å². The Hall–Kier alpha value is -4.58. The van der Waals surface area contributed by atoms with Crippen LogP contribution in [-0.4, -0.2) is 38.1 Å². The van der Waals surface area contributed by atoms with Gasteiger partial charge in [0.15, 0.2) is 0 Å². The Balaban J connectivity index is 1.51. The van der Waals surface area contributed by atoms with Gasteiger partial charge in [-0.05, 0) is 35.4 Å². The average Bonchev–Trinajstić information content (AvgIpc) is 2.98. The number of aromatic nitrogens is 1. The molecule has 10 nitrogen and oxygen atoms in total. The second kappa shape index (κ2) is 14.5. The predicted octanol–water partition coefficient (Wildman–Crippen LogP) is 5.36. The van der Waals surface area contributed by atoms with Crippen molar-refractivity contribution < 1.29 is 27.5 Å². The van der Waals surface area contributed by atoms with Gasteiger partial charge >= 0.3 is 6.03 Å². The van der Waals surface area contributed by atoms with Gasteiger partial charge in [-0.3, -0.25) is 10.1 Å².